The van der Waals surface area contributed by atoms with Crippen molar-refractivity contribution < 1.29 is 8.42 Å². The number of aromatic nitrogens is 1. The topological polar surface area (TPSA) is 97.1 Å². The quantitative estimate of drug-likeness (QED) is 0.536. The maximum Gasteiger partial charge on any atom is 0.244 e. The number of rotatable bonds is 6. The monoisotopic (exact) mass is 334 g/mol. The first-order valence-electron chi connectivity index (χ1n) is 5.65. The molecule has 2 rings (SSSR count). The Balaban J connectivity index is 2.13. The van der Waals surface area contributed by atoms with Crippen LogP contribution < -0.4 is 16.0 Å². The van der Waals surface area contributed by atoms with E-state index in [4.69, 9.17) is 5.84 Å². The first kappa shape index (κ1) is 13.7. The third-order valence-corrected chi connectivity index (χ3v) is 4.70. The highest BCUT2D eigenvalue weighted by Gasteiger charge is 2.23. The molecule has 1 fully saturated rings. The number of nitrogens with one attached hydrogen (secondary N) is 2. The molecule has 0 bridgehead atoms. The standard InChI is InChI=1S/C10H15BrN4O2S/c11-8-5-9(10(15-12)13-6-8)18(16,17)14-4-3-7-1-2-7/h5-7,14H,1-4,12H2,(H,13,15). The molecule has 1 aromatic rings. The molecule has 0 unspecified atom stereocenters. The molecule has 1 saturated carbocycles. The van der Waals surface area contributed by atoms with Crippen LogP contribution in [0.2, 0.25) is 0 Å². The summed E-state index contributed by atoms with van der Waals surface area (Å²) in [4.78, 5) is 3.97. The summed E-state index contributed by atoms with van der Waals surface area (Å²) in [7, 11) is -3.58. The van der Waals surface area contributed by atoms with Gasteiger partial charge in [0.1, 0.15) is 4.90 Å². The van der Waals surface area contributed by atoms with Crippen LogP contribution in [-0.4, -0.2) is 19.9 Å². The molecule has 0 atom stereocenters. The second-order valence-corrected chi connectivity index (χ2v) is 6.93. The molecule has 4 N–H and O–H groups in total. The lowest BCUT2D eigenvalue weighted by Gasteiger charge is -2.10. The largest absolute Gasteiger partial charge is 0.307 e. The first-order chi connectivity index (χ1) is 8.53. The van der Waals surface area contributed by atoms with Gasteiger partial charge in [0.25, 0.3) is 0 Å². The second kappa shape index (κ2) is 5.52. The summed E-state index contributed by atoms with van der Waals surface area (Å²) in [6.07, 6.45) is 4.77. The maximum absolute atomic E-state index is 12.1. The number of hydrogen-bond donors (Lipinski definition) is 3. The van der Waals surface area contributed by atoms with Gasteiger partial charge in [-0.05, 0) is 34.3 Å². The molecular weight excluding hydrogens is 320 g/mol. The molecule has 0 spiro atoms. The van der Waals surface area contributed by atoms with Crippen LogP contribution in [0.1, 0.15) is 19.3 Å². The zero-order valence-electron chi connectivity index (χ0n) is 9.69. The van der Waals surface area contributed by atoms with Crippen molar-refractivity contribution in [3.63, 3.8) is 0 Å². The average molecular weight is 335 g/mol. The molecule has 0 aromatic carbocycles. The van der Waals surface area contributed by atoms with Gasteiger partial charge in [0.2, 0.25) is 10.0 Å². The number of halogens is 1. The smallest absolute Gasteiger partial charge is 0.244 e. The molecule has 0 radical (unpaired) electrons. The van der Waals surface area contributed by atoms with E-state index in [9.17, 15) is 8.42 Å². The van der Waals surface area contributed by atoms with Crippen LogP contribution in [0.4, 0.5) is 5.82 Å². The van der Waals surface area contributed by atoms with Crippen LogP contribution >= 0.6 is 15.9 Å². The summed E-state index contributed by atoms with van der Waals surface area (Å²) in [5.74, 6) is 6.08. The minimum absolute atomic E-state index is 0.0511. The van der Waals surface area contributed by atoms with Gasteiger partial charge in [-0.1, -0.05) is 12.8 Å². The number of pyridine rings is 1. The summed E-state index contributed by atoms with van der Waals surface area (Å²) in [5, 5.41) is 0. The van der Waals surface area contributed by atoms with Gasteiger partial charge in [0.15, 0.2) is 5.82 Å². The molecule has 8 heteroatoms. The van der Waals surface area contributed by atoms with Gasteiger partial charge in [0.05, 0.1) is 0 Å². The van der Waals surface area contributed by atoms with Crippen molar-refractivity contribution in [1.82, 2.24) is 9.71 Å². The molecule has 0 amide bonds. The van der Waals surface area contributed by atoms with Gasteiger partial charge in [-0.25, -0.2) is 24.0 Å². The zero-order valence-corrected chi connectivity index (χ0v) is 12.1. The van der Waals surface area contributed by atoms with E-state index in [2.05, 4.69) is 31.1 Å². The third kappa shape index (κ3) is 3.41. The highest BCUT2D eigenvalue weighted by Crippen LogP contribution is 2.32. The van der Waals surface area contributed by atoms with Gasteiger partial charge in [-0.2, -0.15) is 0 Å². The van der Waals surface area contributed by atoms with Crippen LogP contribution in [0.25, 0.3) is 0 Å². The Labute approximate surface area is 115 Å². The summed E-state index contributed by atoms with van der Waals surface area (Å²) < 4.78 is 27.3. The normalized spacial score (nSPS) is 15.7. The maximum atomic E-state index is 12.1. The van der Waals surface area contributed by atoms with Crippen molar-refractivity contribution >= 4 is 31.8 Å². The Hall–Kier alpha value is -0.700. The highest BCUT2D eigenvalue weighted by atomic mass is 79.9. The average Bonchev–Trinajstić information content (AvgIpc) is 3.13. The van der Waals surface area contributed by atoms with Gasteiger partial charge < -0.3 is 5.43 Å². The SMILES string of the molecule is NNc1ncc(Br)cc1S(=O)(=O)NCCC1CC1. The lowest BCUT2D eigenvalue weighted by atomic mass is 10.3. The van der Waals surface area contributed by atoms with Crippen molar-refractivity contribution in [3.05, 3.63) is 16.7 Å². The minimum atomic E-state index is -3.58. The van der Waals surface area contributed by atoms with E-state index >= 15 is 0 Å². The lowest BCUT2D eigenvalue weighted by Crippen LogP contribution is -2.27. The predicted octanol–water partition coefficient (Wildman–Crippen LogP) is 1.21. The van der Waals surface area contributed by atoms with E-state index in [0.29, 0.717) is 16.9 Å². The summed E-state index contributed by atoms with van der Waals surface area (Å²) in [5.41, 5.74) is 2.29. The van der Waals surface area contributed by atoms with Gasteiger partial charge in [-0.3, -0.25) is 0 Å². The second-order valence-electron chi connectivity index (χ2n) is 4.27. The third-order valence-electron chi connectivity index (χ3n) is 2.79. The van der Waals surface area contributed by atoms with E-state index in [0.717, 1.165) is 6.42 Å². The fourth-order valence-corrected chi connectivity index (χ4v) is 3.29. The summed E-state index contributed by atoms with van der Waals surface area (Å²) >= 11 is 3.20. The van der Waals surface area contributed by atoms with Crippen LogP contribution in [0.5, 0.6) is 0 Å². The van der Waals surface area contributed by atoms with E-state index < -0.39 is 10.0 Å². The highest BCUT2D eigenvalue weighted by molar-refractivity contribution is 9.10. The van der Waals surface area contributed by atoms with E-state index in [-0.39, 0.29) is 10.7 Å². The number of hydrogen-bond acceptors (Lipinski definition) is 5. The molecule has 0 aliphatic heterocycles. The van der Waals surface area contributed by atoms with Crippen molar-refractivity contribution in [1.29, 1.82) is 0 Å². The summed E-state index contributed by atoms with van der Waals surface area (Å²) in [6, 6.07) is 1.47. The molecule has 1 aromatic heterocycles. The van der Waals surface area contributed by atoms with E-state index in [1.165, 1.54) is 25.1 Å². The summed E-state index contributed by atoms with van der Waals surface area (Å²) in [6.45, 7) is 0.448. The first-order valence-corrected chi connectivity index (χ1v) is 7.92. The van der Waals surface area contributed by atoms with E-state index in [1.807, 2.05) is 0 Å². The molecule has 6 nitrogen and oxygen atoms in total. The van der Waals surface area contributed by atoms with Crippen LogP contribution in [0, 0.1) is 5.92 Å². The van der Waals surface area contributed by atoms with Crippen LogP contribution in [0.15, 0.2) is 21.6 Å². The van der Waals surface area contributed by atoms with E-state index in [1.54, 1.807) is 0 Å². The van der Waals surface area contributed by atoms with Gasteiger partial charge in [0, 0.05) is 17.2 Å². The number of nitrogen functional groups attached to an aromatic ring is 1. The number of nitrogens with zero attached hydrogens (tertiary/aromatic N) is 1. The Morgan fingerprint density at radius 3 is 2.83 bits per heavy atom. The van der Waals surface area contributed by atoms with Crippen molar-refractivity contribution in [2.75, 3.05) is 12.0 Å². The predicted molar refractivity (Wildman–Crippen MR) is 72.3 cm³/mol. The minimum Gasteiger partial charge on any atom is -0.307 e. The Kier molecular flexibility index (Phi) is 4.21. The van der Waals surface area contributed by atoms with Crippen LogP contribution in [0.3, 0.4) is 0 Å². The fraction of sp³-hybridized carbons (Fsp3) is 0.500. The molecule has 18 heavy (non-hydrogen) atoms. The molecule has 1 aliphatic rings. The Morgan fingerprint density at radius 1 is 1.50 bits per heavy atom. The van der Waals surface area contributed by atoms with Gasteiger partial charge >= 0.3 is 0 Å². The molecular formula is C10H15BrN4O2S. The fourth-order valence-electron chi connectivity index (χ4n) is 1.62. The number of hydrazine groups is 1. The van der Waals surface area contributed by atoms with Crippen LogP contribution in [-0.2, 0) is 10.0 Å². The van der Waals surface area contributed by atoms with Crippen molar-refractivity contribution in [3.8, 4) is 0 Å². The number of nitrogens with two attached hydrogens (primary N) is 1. The Morgan fingerprint density at radius 2 is 2.22 bits per heavy atom. The van der Waals surface area contributed by atoms with Crippen molar-refractivity contribution in [2.45, 2.75) is 24.2 Å². The van der Waals surface area contributed by atoms with Gasteiger partial charge in [-0.15, -0.1) is 0 Å². The number of anilines is 1. The Bertz CT molecular complexity index is 531. The number of sulfonamides is 1. The van der Waals surface area contributed by atoms with Crippen molar-refractivity contribution in [2.24, 2.45) is 11.8 Å². The molecule has 1 aliphatic carbocycles. The zero-order chi connectivity index (χ0) is 13.2. The molecule has 0 saturated heterocycles. The lowest BCUT2D eigenvalue weighted by molar-refractivity contribution is 0.575. The molecule has 1 heterocycles. The molecule has 100 valence electrons.